The second-order valence-corrected chi connectivity index (χ2v) is 6.98. The molecule has 3 aromatic heterocycles. The van der Waals surface area contributed by atoms with Crippen LogP contribution in [0.25, 0.3) is 16.9 Å². The number of anilines is 1. The van der Waals surface area contributed by atoms with E-state index < -0.39 is 0 Å². The quantitative estimate of drug-likeness (QED) is 0.793. The Bertz CT molecular complexity index is 834. The molecular formula is C19H24N6. The van der Waals surface area contributed by atoms with Crippen LogP contribution < -0.4 is 5.32 Å². The van der Waals surface area contributed by atoms with E-state index in [4.69, 9.17) is 5.10 Å². The maximum Gasteiger partial charge on any atom is 0.154 e. The van der Waals surface area contributed by atoms with Gasteiger partial charge >= 0.3 is 0 Å². The van der Waals surface area contributed by atoms with E-state index in [1.807, 2.05) is 35.0 Å². The third kappa shape index (κ3) is 3.35. The van der Waals surface area contributed by atoms with Crippen molar-refractivity contribution in [1.29, 1.82) is 0 Å². The fraction of sp³-hybridized carbons (Fsp3) is 0.421. The van der Waals surface area contributed by atoms with Crippen LogP contribution in [0.3, 0.4) is 0 Å². The smallest absolute Gasteiger partial charge is 0.154 e. The molecule has 130 valence electrons. The summed E-state index contributed by atoms with van der Waals surface area (Å²) in [5, 5.41) is 8.38. The molecule has 4 rings (SSSR count). The fourth-order valence-corrected chi connectivity index (χ4v) is 3.62. The molecule has 0 spiro atoms. The van der Waals surface area contributed by atoms with E-state index in [1.165, 1.54) is 25.7 Å². The van der Waals surface area contributed by atoms with Gasteiger partial charge in [-0.05, 0) is 64.0 Å². The molecular weight excluding hydrogens is 312 g/mol. The van der Waals surface area contributed by atoms with Gasteiger partial charge in [-0.15, -0.1) is 5.10 Å². The Balaban J connectivity index is 1.53. The molecule has 3 aromatic rings. The normalized spacial score (nSPS) is 20.9. The minimum absolute atomic E-state index is 0.494. The molecule has 1 N–H and O–H groups in total. The fourth-order valence-electron chi connectivity index (χ4n) is 3.62. The van der Waals surface area contributed by atoms with Crippen LogP contribution in [0.4, 0.5) is 5.82 Å². The summed E-state index contributed by atoms with van der Waals surface area (Å²) in [7, 11) is 4.35. The summed E-state index contributed by atoms with van der Waals surface area (Å²) in [6.07, 6.45) is 10.3. The van der Waals surface area contributed by atoms with Gasteiger partial charge in [0.25, 0.3) is 0 Å². The molecule has 3 heterocycles. The van der Waals surface area contributed by atoms with Gasteiger partial charge < -0.3 is 10.2 Å². The number of hydrogen-bond acceptors (Lipinski definition) is 5. The lowest BCUT2D eigenvalue weighted by Gasteiger charge is -2.33. The number of rotatable bonds is 4. The van der Waals surface area contributed by atoms with E-state index in [2.05, 4.69) is 34.3 Å². The highest BCUT2D eigenvalue weighted by atomic mass is 15.3. The maximum absolute atomic E-state index is 4.77. The van der Waals surface area contributed by atoms with E-state index in [1.54, 1.807) is 12.4 Å². The second kappa shape index (κ2) is 6.80. The van der Waals surface area contributed by atoms with Gasteiger partial charge in [0.1, 0.15) is 5.82 Å². The van der Waals surface area contributed by atoms with E-state index in [-0.39, 0.29) is 0 Å². The Morgan fingerprint density at radius 1 is 1.04 bits per heavy atom. The minimum atomic E-state index is 0.494. The molecule has 0 radical (unpaired) electrons. The number of nitrogens with one attached hydrogen (secondary N) is 1. The van der Waals surface area contributed by atoms with Crippen molar-refractivity contribution in [3.8, 4) is 11.3 Å². The van der Waals surface area contributed by atoms with Crippen LogP contribution in [0.2, 0.25) is 0 Å². The lowest BCUT2D eigenvalue weighted by Crippen LogP contribution is -2.36. The van der Waals surface area contributed by atoms with Gasteiger partial charge in [-0.25, -0.2) is 9.50 Å². The van der Waals surface area contributed by atoms with Crippen LogP contribution in [0.1, 0.15) is 25.7 Å². The molecule has 0 amide bonds. The van der Waals surface area contributed by atoms with Crippen molar-refractivity contribution in [1.82, 2.24) is 24.5 Å². The third-order valence-corrected chi connectivity index (χ3v) is 5.12. The minimum Gasteiger partial charge on any atom is -0.366 e. The first-order chi connectivity index (χ1) is 12.2. The van der Waals surface area contributed by atoms with Crippen molar-refractivity contribution in [3.05, 3.63) is 42.9 Å². The first-order valence-electron chi connectivity index (χ1n) is 8.89. The number of hydrogen-bond donors (Lipinski definition) is 1. The predicted octanol–water partition coefficient (Wildman–Crippen LogP) is 3.08. The number of fused-ring (bicyclic) bond motifs is 1. The topological polar surface area (TPSA) is 58.3 Å². The molecule has 6 heteroatoms. The molecule has 0 atom stereocenters. The number of imidazole rings is 1. The summed E-state index contributed by atoms with van der Waals surface area (Å²) in [6, 6.07) is 9.21. The van der Waals surface area contributed by atoms with Gasteiger partial charge in [-0.2, -0.15) is 0 Å². The van der Waals surface area contributed by atoms with Gasteiger partial charge in [0, 0.05) is 30.0 Å². The molecule has 0 unspecified atom stereocenters. The zero-order valence-corrected chi connectivity index (χ0v) is 14.8. The third-order valence-electron chi connectivity index (χ3n) is 5.12. The Morgan fingerprint density at radius 3 is 2.52 bits per heavy atom. The van der Waals surface area contributed by atoms with Crippen LogP contribution >= 0.6 is 0 Å². The molecule has 1 aliphatic carbocycles. The number of nitrogens with zero attached hydrogens (tertiary/aromatic N) is 5. The average molecular weight is 336 g/mol. The molecule has 0 bridgehead atoms. The maximum atomic E-state index is 4.77. The van der Waals surface area contributed by atoms with E-state index >= 15 is 0 Å². The van der Waals surface area contributed by atoms with Crippen molar-refractivity contribution < 1.29 is 0 Å². The molecule has 1 saturated carbocycles. The summed E-state index contributed by atoms with van der Waals surface area (Å²) in [5.74, 6) is 0.911. The molecule has 25 heavy (non-hydrogen) atoms. The zero-order chi connectivity index (χ0) is 17.2. The monoisotopic (exact) mass is 336 g/mol. The van der Waals surface area contributed by atoms with Crippen molar-refractivity contribution in [2.75, 3.05) is 19.4 Å². The predicted molar refractivity (Wildman–Crippen MR) is 99.6 cm³/mol. The van der Waals surface area contributed by atoms with Crippen LogP contribution in [0, 0.1) is 0 Å². The summed E-state index contributed by atoms with van der Waals surface area (Å²) in [6.45, 7) is 0. The van der Waals surface area contributed by atoms with Crippen molar-refractivity contribution in [2.45, 2.75) is 37.8 Å². The van der Waals surface area contributed by atoms with E-state index in [0.29, 0.717) is 12.1 Å². The first kappa shape index (κ1) is 16.0. The van der Waals surface area contributed by atoms with Crippen LogP contribution in [0.15, 0.2) is 42.9 Å². The molecule has 6 nitrogen and oxygen atoms in total. The van der Waals surface area contributed by atoms with Crippen molar-refractivity contribution in [2.24, 2.45) is 0 Å². The average Bonchev–Trinajstić information content (AvgIpc) is 3.06. The Labute approximate surface area is 147 Å². The zero-order valence-electron chi connectivity index (χ0n) is 14.8. The van der Waals surface area contributed by atoms with Crippen molar-refractivity contribution in [3.63, 3.8) is 0 Å². The summed E-state index contributed by atoms with van der Waals surface area (Å²) in [5.41, 5.74) is 2.91. The standard InChI is InChI=1S/C19H24N6/c1-24(2)16-5-3-15(4-6-16)22-18-7-8-19-21-13-17(25(19)23-18)14-9-11-20-12-10-14/h7-13,15-16H,3-6H2,1-2H3,(H,22,23). The highest BCUT2D eigenvalue weighted by Crippen LogP contribution is 2.25. The molecule has 1 aliphatic rings. The molecule has 0 saturated heterocycles. The second-order valence-electron chi connectivity index (χ2n) is 6.98. The molecule has 0 aliphatic heterocycles. The lowest BCUT2D eigenvalue weighted by atomic mass is 9.90. The largest absolute Gasteiger partial charge is 0.366 e. The number of aromatic nitrogens is 4. The Morgan fingerprint density at radius 2 is 1.80 bits per heavy atom. The Hall–Kier alpha value is -2.47. The van der Waals surface area contributed by atoms with E-state index in [0.717, 1.165) is 22.7 Å². The molecule has 1 fully saturated rings. The van der Waals surface area contributed by atoms with Gasteiger partial charge in [-0.1, -0.05) is 0 Å². The van der Waals surface area contributed by atoms with Crippen LogP contribution in [-0.2, 0) is 0 Å². The highest BCUT2D eigenvalue weighted by molar-refractivity contribution is 5.63. The molecule has 0 aromatic carbocycles. The van der Waals surface area contributed by atoms with Crippen molar-refractivity contribution >= 4 is 11.5 Å². The van der Waals surface area contributed by atoms with Gasteiger partial charge in [0.2, 0.25) is 0 Å². The van der Waals surface area contributed by atoms with Gasteiger partial charge in [0.05, 0.1) is 11.9 Å². The highest BCUT2D eigenvalue weighted by Gasteiger charge is 2.22. The van der Waals surface area contributed by atoms with Gasteiger partial charge in [-0.3, -0.25) is 4.98 Å². The van der Waals surface area contributed by atoms with Crippen LogP contribution in [-0.4, -0.2) is 50.7 Å². The summed E-state index contributed by atoms with van der Waals surface area (Å²) >= 11 is 0. The Kier molecular flexibility index (Phi) is 4.36. The van der Waals surface area contributed by atoms with Gasteiger partial charge in [0.15, 0.2) is 5.65 Å². The van der Waals surface area contributed by atoms with Crippen LogP contribution in [0.5, 0.6) is 0 Å². The summed E-state index contributed by atoms with van der Waals surface area (Å²) in [4.78, 5) is 10.9. The number of pyridine rings is 1. The lowest BCUT2D eigenvalue weighted by molar-refractivity contribution is 0.221. The van der Waals surface area contributed by atoms with E-state index in [9.17, 15) is 0 Å². The summed E-state index contributed by atoms with van der Waals surface area (Å²) < 4.78 is 1.91. The first-order valence-corrected chi connectivity index (χ1v) is 8.89. The SMILES string of the molecule is CN(C)C1CCC(Nc2ccc3ncc(-c4ccncc4)n3n2)CC1.